The number of nitrogens with one attached hydrogen (secondary N) is 1. The van der Waals surface area contributed by atoms with Crippen LogP contribution in [0.1, 0.15) is 31.4 Å². The van der Waals surface area contributed by atoms with Crippen LogP contribution in [0.5, 0.6) is 0 Å². The Kier molecular flexibility index (Phi) is 5.44. The monoisotopic (exact) mass is 275 g/mol. The summed E-state index contributed by atoms with van der Waals surface area (Å²) in [6.07, 6.45) is 1.25. The summed E-state index contributed by atoms with van der Waals surface area (Å²) in [5.41, 5.74) is 4.20. The van der Waals surface area contributed by atoms with Gasteiger partial charge in [0.1, 0.15) is 0 Å². The molecule has 0 unspecified atom stereocenters. The van der Waals surface area contributed by atoms with Gasteiger partial charge in [-0.05, 0) is 38.6 Å². The SMILES string of the molecule is Cc1ccc(N2CCCN(C)CC2)c(CNC(C)C)c1. The molecule has 0 bridgehead atoms. The van der Waals surface area contributed by atoms with Crippen molar-refractivity contribution in [3.63, 3.8) is 0 Å². The zero-order valence-corrected chi connectivity index (χ0v) is 13.4. The standard InChI is InChI=1S/C17H29N3/c1-14(2)18-13-16-12-15(3)6-7-17(16)20-9-5-8-19(4)10-11-20/h6-7,12,14,18H,5,8-11,13H2,1-4H3. The van der Waals surface area contributed by atoms with Crippen molar-refractivity contribution >= 4 is 5.69 Å². The summed E-state index contributed by atoms with van der Waals surface area (Å²) in [7, 11) is 2.22. The third-order valence-corrected chi connectivity index (χ3v) is 4.00. The molecule has 0 saturated carbocycles. The predicted molar refractivity (Wildman–Crippen MR) is 87.5 cm³/mol. The Balaban J connectivity index is 2.16. The van der Waals surface area contributed by atoms with E-state index in [0.717, 1.165) is 19.6 Å². The molecule has 20 heavy (non-hydrogen) atoms. The molecule has 0 aliphatic carbocycles. The first-order chi connectivity index (χ1) is 9.56. The summed E-state index contributed by atoms with van der Waals surface area (Å²) in [5, 5.41) is 3.56. The maximum Gasteiger partial charge on any atom is 0.0412 e. The minimum Gasteiger partial charge on any atom is -0.370 e. The van der Waals surface area contributed by atoms with Gasteiger partial charge in [-0.15, -0.1) is 0 Å². The van der Waals surface area contributed by atoms with Crippen molar-refractivity contribution in [2.24, 2.45) is 0 Å². The van der Waals surface area contributed by atoms with Gasteiger partial charge in [0.2, 0.25) is 0 Å². The summed E-state index contributed by atoms with van der Waals surface area (Å²) in [6.45, 7) is 12.2. The number of hydrogen-bond donors (Lipinski definition) is 1. The lowest BCUT2D eigenvalue weighted by atomic mass is 10.1. The predicted octanol–water partition coefficient (Wildman–Crippen LogP) is 2.63. The van der Waals surface area contributed by atoms with Gasteiger partial charge in [0.05, 0.1) is 0 Å². The normalized spacial score (nSPS) is 17.6. The van der Waals surface area contributed by atoms with Crippen molar-refractivity contribution in [3.8, 4) is 0 Å². The van der Waals surface area contributed by atoms with Crippen LogP contribution >= 0.6 is 0 Å². The van der Waals surface area contributed by atoms with Crippen molar-refractivity contribution in [2.45, 2.75) is 39.8 Å². The summed E-state index contributed by atoms with van der Waals surface area (Å²) in [6, 6.07) is 7.40. The van der Waals surface area contributed by atoms with Gasteiger partial charge in [-0.3, -0.25) is 0 Å². The molecule has 1 aliphatic heterocycles. The highest BCUT2D eigenvalue weighted by atomic mass is 15.2. The van der Waals surface area contributed by atoms with Crippen LogP contribution in [-0.2, 0) is 6.54 Å². The van der Waals surface area contributed by atoms with Gasteiger partial charge >= 0.3 is 0 Å². The van der Waals surface area contributed by atoms with Crippen molar-refractivity contribution < 1.29 is 0 Å². The molecule has 3 nitrogen and oxygen atoms in total. The molecule has 0 aromatic heterocycles. The van der Waals surface area contributed by atoms with E-state index in [1.54, 1.807) is 0 Å². The van der Waals surface area contributed by atoms with E-state index in [9.17, 15) is 0 Å². The first-order valence-electron chi connectivity index (χ1n) is 7.82. The van der Waals surface area contributed by atoms with Crippen LogP contribution in [0.15, 0.2) is 18.2 Å². The summed E-state index contributed by atoms with van der Waals surface area (Å²) >= 11 is 0. The topological polar surface area (TPSA) is 18.5 Å². The molecule has 1 aromatic rings. The highest BCUT2D eigenvalue weighted by Gasteiger charge is 2.15. The summed E-state index contributed by atoms with van der Waals surface area (Å²) < 4.78 is 0. The Bertz CT molecular complexity index is 428. The quantitative estimate of drug-likeness (QED) is 0.911. The van der Waals surface area contributed by atoms with Gasteiger partial charge in [0.25, 0.3) is 0 Å². The van der Waals surface area contributed by atoms with E-state index in [0.29, 0.717) is 6.04 Å². The zero-order valence-electron chi connectivity index (χ0n) is 13.4. The number of benzene rings is 1. The molecule has 1 aromatic carbocycles. The van der Waals surface area contributed by atoms with Gasteiger partial charge in [-0.1, -0.05) is 31.5 Å². The number of nitrogens with zero attached hydrogens (tertiary/aromatic N) is 2. The summed E-state index contributed by atoms with van der Waals surface area (Å²) in [5.74, 6) is 0. The van der Waals surface area contributed by atoms with Crippen LogP contribution in [0.2, 0.25) is 0 Å². The maximum absolute atomic E-state index is 3.56. The van der Waals surface area contributed by atoms with Crippen LogP contribution in [0.25, 0.3) is 0 Å². The number of aryl methyl sites for hydroxylation is 1. The Morgan fingerprint density at radius 3 is 2.70 bits per heavy atom. The number of rotatable bonds is 4. The van der Waals surface area contributed by atoms with E-state index in [1.807, 2.05) is 0 Å². The van der Waals surface area contributed by atoms with Crippen molar-refractivity contribution in [1.82, 2.24) is 10.2 Å². The molecule has 3 heteroatoms. The summed E-state index contributed by atoms with van der Waals surface area (Å²) in [4.78, 5) is 4.99. The van der Waals surface area contributed by atoms with Crippen molar-refractivity contribution in [2.75, 3.05) is 38.1 Å². The minimum absolute atomic E-state index is 0.527. The second kappa shape index (κ2) is 7.09. The van der Waals surface area contributed by atoms with E-state index in [-0.39, 0.29) is 0 Å². The molecule has 0 atom stereocenters. The van der Waals surface area contributed by atoms with E-state index in [4.69, 9.17) is 0 Å². The lowest BCUT2D eigenvalue weighted by molar-refractivity contribution is 0.360. The van der Waals surface area contributed by atoms with Crippen LogP contribution < -0.4 is 10.2 Å². The largest absolute Gasteiger partial charge is 0.370 e. The first-order valence-corrected chi connectivity index (χ1v) is 7.82. The molecule has 1 N–H and O–H groups in total. The lowest BCUT2D eigenvalue weighted by Crippen LogP contribution is -2.30. The molecular weight excluding hydrogens is 246 g/mol. The van der Waals surface area contributed by atoms with Crippen LogP contribution in [0.3, 0.4) is 0 Å². The van der Waals surface area contributed by atoms with Crippen molar-refractivity contribution in [1.29, 1.82) is 0 Å². The molecule has 112 valence electrons. The number of anilines is 1. The van der Waals surface area contributed by atoms with E-state index < -0.39 is 0 Å². The molecule has 2 rings (SSSR count). The van der Waals surface area contributed by atoms with Crippen LogP contribution in [0.4, 0.5) is 5.69 Å². The highest BCUT2D eigenvalue weighted by Crippen LogP contribution is 2.23. The van der Waals surface area contributed by atoms with E-state index in [2.05, 4.69) is 61.1 Å². The second-order valence-corrected chi connectivity index (χ2v) is 6.31. The third-order valence-electron chi connectivity index (χ3n) is 4.00. The first kappa shape index (κ1) is 15.3. The second-order valence-electron chi connectivity index (χ2n) is 6.31. The average molecular weight is 275 g/mol. The molecule has 1 saturated heterocycles. The average Bonchev–Trinajstić information content (AvgIpc) is 2.61. The molecule has 0 spiro atoms. The molecular formula is C17H29N3. The van der Waals surface area contributed by atoms with Gasteiger partial charge in [0, 0.05) is 37.9 Å². The Morgan fingerprint density at radius 1 is 1.15 bits per heavy atom. The zero-order chi connectivity index (χ0) is 14.5. The molecule has 1 heterocycles. The molecule has 1 fully saturated rings. The highest BCUT2D eigenvalue weighted by molar-refractivity contribution is 5.55. The Hall–Kier alpha value is -1.06. The molecule has 0 amide bonds. The maximum atomic E-state index is 3.56. The van der Waals surface area contributed by atoms with E-state index >= 15 is 0 Å². The van der Waals surface area contributed by atoms with Gasteiger partial charge in [-0.2, -0.15) is 0 Å². The fourth-order valence-electron chi connectivity index (χ4n) is 2.77. The van der Waals surface area contributed by atoms with E-state index in [1.165, 1.54) is 36.3 Å². The number of hydrogen-bond acceptors (Lipinski definition) is 3. The number of likely N-dealkylation sites (N-methyl/N-ethyl adjacent to an activating group) is 1. The molecule has 1 aliphatic rings. The smallest absolute Gasteiger partial charge is 0.0412 e. The lowest BCUT2D eigenvalue weighted by Gasteiger charge is -2.26. The Morgan fingerprint density at radius 2 is 1.95 bits per heavy atom. The molecule has 0 radical (unpaired) electrons. The van der Waals surface area contributed by atoms with Gasteiger partial charge in [0.15, 0.2) is 0 Å². The Labute approximate surface area is 124 Å². The van der Waals surface area contributed by atoms with Crippen molar-refractivity contribution in [3.05, 3.63) is 29.3 Å². The van der Waals surface area contributed by atoms with Gasteiger partial charge in [-0.25, -0.2) is 0 Å². The fourth-order valence-corrected chi connectivity index (χ4v) is 2.77. The fraction of sp³-hybridized carbons (Fsp3) is 0.647. The minimum atomic E-state index is 0.527. The van der Waals surface area contributed by atoms with Gasteiger partial charge < -0.3 is 15.1 Å². The van der Waals surface area contributed by atoms with Crippen LogP contribution in [-0.4, -0.2) is 44.2 Å². The third kappa shape index (κ3) is 4.22. The van der Waals surface area contributed by atoms with Crippen LogP contribution in [0, 0.1) is 6.92 Å².